The van der Waals surface area contributed by atoms with Crippen LogP contribution in [0.1, 0.15) is 0 Å². The molecule has 0 atom stereocenters. The molecule has 0 amide bonds. The summed E-state index contributed by atoms with van der Waals surface area (Å²) in [6.45, 7) is 0.826. The largest absolute Gasteiger partial charge is 0.306 e. The van der Waals surface area contributed by atoms with Gasteiger partial charge in [-0.15, -0.1) is 0 Å². The first kappa shape index (κ1) is 9.72. The van der Waals surface area contributed by atoms with Crippen molar-refractivity contribution in [2.45, 2.75) is 0 Å². The number of rotatable bonds is 3. The number of carbonyl (C=O) groups excluding carboxylic acids is 1. The lowest BCUT2D eigenvalue weighted by molar-refractivity contribution is -0.107. The van der Waals surface area contributed by atoms with E-state index in [1.807, 2.05) is 25.1 Å². The Kier molecular flexibility index (Phi) is 5.35. The average Bonchev–Trinajstić information content (AvgIpc) is 1.87. The van der Waals surface area contributed by atoms with Gasteiger partial charge in [-0.25, -0.2) is 0 Å². The molecule has 0 aliphatic carbocycles. The monoisotopic (exact) mass is 159 g/mol. The molecule has 0 aromatic carbocycles. The fourth-order valence-corrected chi connectivity index (χ4v) is 0.660. The second-order valence-electron chi connectivity index (χ2n) is 2.19. The van der Waals surface area contributed by atoms with Gasteiger partial charge in [0.05, 0.1) is 0 Å². The fraction of sp³-hybridized carbons (Fsp3) is 0.571. The van der Waals surface area contributed by atoms with Crippen molar-refractivity contribution in [3.8, 4) is 0 Å². The van der Waals surface area contributed by atoms with E-state index >= 15 is 0 Å². The highest BCUT2D eigenvalue weighted by Crippen LogP contribution is 1.94. The molecule has 58 valence electrons. The van der Waals surface area contributed by atoms with E-state index < -0.39 is 0 Å². The van der Waals surface area contributed by atoms with E-state index in [4.69, 9.17) is 0 Å². The van der Waals surface area contributed by atoms with Crippen LogP contribution >= 0.6 is 11.8 Å². The van der Waals surface area contributed by atoms with Gasteiger partial charge in [-0.3, -0.25) is 4.79 Å². The van der Waals surface area contributed by atoms with E-state index in [1.165, 1.54) is 11.8 Å². The number of hydrogen-bond acceptors (Lipinski definition) is 3. The highest BCUT2D eigenvalue weighted by molar-refractivity contribution is 8.13. The second kappa shape index (κ2) is 5.50. The Hall–Kier alpha value is -0.280. The summed E-state index contributed by atoms with van der Waals surface area (Å²) in [7, 11) is 3.93. The third kappa shape index (κ3) is 5.85. The van der Waals surface area contributed by atoms with Crippen LogP contribution in [0.25, 0.3) is 0 Å². The first-order valence-corrected chi connectivity index (χ1v) is 4.28. The Morgan fingerprint density at radius 1 is 1.60 bits per heavy atom. The van der Waals surface area contributed by atoms with Crippen LogP contribution in [0.2, 0.25) is 0 Å². The molecule has 0 aromatic rings. The molecule has 0 aliphatic heterocycles. The third-order valence-corrected chi connectivity index (χ3v) is 1.46. The van der Waals surface area contributed by atoms with Crippen molar-refractivity contribution in [3.05, 3.63) is 12.2 Å². The molecule has 2 nitrogen and oxygen atoms in total. The van der Waals surface area contributed by atoms with Gasteiger partial charge in [0.25, 0.3) is 0 Å². The summed E-state index contributed by atoms with van der Waals surface area (Å²) in [6.07, 6.45) is 5.24. The minimum atomic E-state index is 0.113. The lowest BCUT2D eigenvalue weighted by Gasteiger charge is -2.02. The lowest BCUT2D eigenvalue weighted by Crippen LogP contribution is -2.10. The first-order valence-electron chi connectivity index (χ1n) is 3.06. The summed E-state index contributed by atoms with van der Waals surface area (Å²) in [6, 6.07) is 0. The van der Waals surface area contributed by atoms with Crippen molar-refractivity contribution < 1.29 is 4.79 Å². The molecular formula is C7H13NOS. The lowest BCUT2D eigenvalue weighted by atomic mass is 10.5. The number of carbonyl (C=O) groups is 1. The van der Waals surface area contributed by atoms with Crippen LogP contribution < -0.4 is 0 Å². The topological polar surface area (TPSA) is 20.3 Å². The molecule has 0 saturated carbocycles. The van der Waals surface area contributed by atoms with Crippen LogP contribution in [0.3, 0.4) is 0 Å². The smallest absolute Gasteiger partial charge is 0.211 e. The summed E-state index contributed by atoms with van der Waals surface area (Å²) in [5.74, 6) is 0. The van der Waals surface area contributed by atoms with Crippen LogP contribution in [0.5, 0.6) is 0 Å². The first-order chi connectivity index (χ1) is 4.66. The van der Waals surface area contributed by atoms with Gasteiger partial charge in [0.2, 0.25) is 5.12 Å². The van der Waals surface area contributed by atoms with Crippen molar-refractivity contribution in [2.75, 3.05) is 26.9 Å². The molecule has 0 spiro atoms. The molecule has 0 N–H and O–H groups in total. The molecular weight excluding hydrogens is 146 g/mol. The van der Waals surface area contributed by atoms with Gasteiger partial charge in [0.15, 0.2) is 0 Å². The highest BCUT2D eigenvalue weighted by Gasteiger charge is 1.89. The zero-order valence-electron chi connectivity index (χ0n) is 6.63. The predicted octanol–water partition coefficient (Wildman–Crippen LogP) is 0.994. The summed E-state index contributed by atoms with van der Waals surface area (Å²) in [4.78, 5) is 12.7. The van der Waals surface area contributed by atoms with Crippen LogP contribution in [-0.2, 0) is 4.79 Å². The van der Waals surface area contributed by atoms with Crippen molar-refractivity contribution in [2.24, 2.45) is 0 Å². The van der Waals surface area contributed by atoms with Gasteiger partial charge in [-0.05, 0) is 26.4 Å². The highest BCUT2D eigenvalue weighted by atomic mass is 32.2. The molecule has 0 unspecified atom stereocenters. The summed E-state index contributed by atoms with van der Waals surface area (Å²) in [5.41, 5.74) is 0. The molecule has 0 radical (unpaired) electrons. The average molecular weight is 159 g/mol. The van der Waals surface area contributed by atoms with Gasteiger partial charge in [-0.1, -0.05) is 17.8 Å². The number of thioether (sulfide) groups is 1. The molecule has 0 heterocycles. The van der Waals surface area contributed by atoms with Gasteiger partial charge in [0.1, 0.15) is 0 Å². The maximum absolute atomic E-state index is 10.7. The van der Waals surface area contributed by atoms with Crippen molar-refractivity contribution in [1.82, 2.24) is 4.90 Å². The van der Waals surface area contributed by atoms with Gasteiger partial charge in [0, 0.05) is 6.54 Å². The Balaban J connectivity index is 3.46. The molecule has 3 heteroatoms. The van der Waals surface area contributed by atoms with Crippen LogP contribution in [-0.4, -0.2) is 36.9 Å². The SMILES string of the molecule is CSC(=O)/C=C/CN(C)C. The quantitative estimate of drug-likeness (QED) is 0.573. The van der Waals surface area contributed by atoms with Crippen molar-refractivity contribution in [3.63, 3.8) is 0 Å². The Bertz CT molecular complexity index is 132. The standard InChI is InChI=1S/C7H13NOS/c1-8(2)6-4-5-7(9)10-3/h4-5H,6H2,1-3H3/b5-4+. The van der Waals surface area contributed by atoms with Crippen molar-refractivity contribution in [1.29, 1.82) is 0 Å². The van der Waals surface area contributed by atoms with Crippen LogP contribution in [0.4, 0.5) is 0 Å². The third-order valence-electron chi connectivity index (χ3n) is 0.926. The minimum Gasteiger partial charge on any atom is -0.306 e. The Morgan fingerprint density at radius 2 is 2.20 bits per heavy atom. The molecule has 0 aliphatic rings. The molecule has 0 aromatic heterocycles. The van der Waals surface area contributed by atoms with Crippen LogP contribution in [0.15, 0.2) is 12.2 Å². The number of hydrogen-bond donors (Lipinski definition) is 0. The van der Waals surface area contributed by atoms with E-state index in [-0.39, 0.29) is 5.12 Å². The predicted molar refractivity (Wildman–Crippen MR) is 46.2 cm³/mol. The normalized spacial score (nSPS) is 11.2. The fourth-order valence-electron chi connectivity index (χ4n) is 0.428. The van der Waals surface area contributed by atoms with Crippen molar-refractivity contribution >= 4 is 16.9 Å². The zero-order valence-corrected chi connectivity index (χ0v) is 7.44. The van der Waals surface area contributed by atoms with E-state index in [2.05, 4.69) is 0 Å². The zero-order chi connectivity index (χ0) is 7.98. The minimum absolute atomic E-state index is 0.113. The van der Waals surface area contributed by atoms with Gasteiger partial charge < -0.3 is 4.90 Å². The maximum atomic E-state index is 10.7. The molecule has 0 rings (SSSR count). The Labute approximate surface area is 66.3 Å². The molecule has 10 heavy (non-hydrogen) atoms. The summed E-state index contributed by atoms with van der Waals surface area (Å²) >= 11 is 1.23. The van der Waals surface area contributed by atoms with Gasteiger partial charge in [-0.2, -0.15) is 0 Å². The van der Waals surface area contributed by atoms with Gasteiger partial charge >= 0.3 is 0 Å². The van der Waals surface area contributed by atoms with E-state index in [9.17, 15) is 4.79 Å². The second-order valence-corrected chi connectivity index (χ2v) is 3.00. The summed E-state index contributed by atoms with van der Waals surface area (Å²) in [5, 5.41) is 0.113. The van der Waals surface area contributed by atoms with E-state index in [0.29, 0.717) is 0 Å². The molecule has 0 bridgehead atoms. The number of nitrogens with zero attached hydrogens (tertiary/aromatic N) is 1. The molecule has 0 saturated heterocycles. The summed E-state index contributed by atoms with van der Waals surface area (Å²) < 4.78 is 0. The van der Waals surface area contributed by atoms with E-state index in [1.54, 1.807) is 12.3 Å². The van der Waals surface area contributed by atoms with Crippen LogP contribution in [0, 0.1) is 0 Å². The number of likely N-dealkylation sites (N-methyl/N-ethyl adjacent to an activating group) is 1. The molecule has 0 fully saturated rings. The maximum Gasteiger partial charge on any atom is 0.211 e. The Morgan fingerprint density at radius 3 is 2.60 bits per heavy atom. The van der Waals surface area contributed by atoms with E-state index in [0.717, 1.165) is 6.54 Å².